The summed E-state index contributed by atoms with van der Waals surface area (Å²) in [5.74, 6) is 0. The Morgan fingerprint density at radius 1 is 0.262 bits per heavy atom. The van der Waals surface area contributed by atoms with E-state index in [0.29, 0.717) is 0 Å². The third-order valence-electron chi connectivity index (χ3n) is 9.41. The van der Waals surface area contributed by atoms with Crippen LogP contribution >= 0.6 is 0 Å². The Hall–Kier alpha value is -0.0400. The van der Waals surface area contributed by atoms with E-state index in [1.54, 1.807) is 0 Å². The molecule has 0 aliphatic heterocycles. The lowest BCUT2D eigenvalue weighted by molar-refractivity contribution is 0.183. The van der Waals surface area contributed by atoms with E-state index < -0.39 is 0 Å². The minimum absolute atomic E-state index is 0.941. The predicted molar refractivity (Wildman–Crippen MR) is 192 cm³/mol. The first kappa shape index (κ1) is 42.0. The molecule has 0 heterocycles. The van der Waals surface area contributed by atoms with Crippen molar-refractivity contribution in [3.05, 3.63) is 6.61 Å². The summed E-state index contributed by atoms with van der Waals surface area (Å²) in [5.41, 5.74) is 0. The van der Waals surface area contributed by atoms with Crippen LogP contribution in [-0.4, -0.2) is 6.61 Å². The molecule has 0 saturated carbocycles. The van der Waals surface area contributed by atoms with Gasteiger partial charge in [0.15, 0.2) is 0 Å². The van der Waals surface area contributed by atoms with E-state index in [2.05, 4.69) is 20.5 Å². The second kappa shape index (κ2) is 41.0. The second-order valence-electron chi connectivity index (χ2n) is 13.8. The van der Waals surface area contributed by atoms with Gasteiger partial charge in [-0.25, -0.2) is 0 Å². The van der Waals surface area contributed by atoms with Gasteiger partial charge in [-0.15, -0.1) is 0 Å². The molecule has 253 valence electrons. The Bertz CT molecular complexity index is 393. The molecule has 0 aromatic rings. The fourth-order valence-corrected chi connectivity index (χ4v) is 6.38. The molecule has 0 atom stereocenters. The summed E-state index contributed by atoms with van der Waals surface area (Å²) in [6.07, 6.45) is 53.1. The lowest BCUT2D eigenvalue weighted by Gasteiger charge is -2.05. The molecule has 0 spiro atoms. The Kier molecular flexibility index (Phi) is 40.9. The van der Waals surface area contributed by atoms with Crippen LogP contribution in [0.3, 0.4) is 0 Å². The van der Waals surface area contributed by atoms with E-state index >= 15 is 0 Å². The summed E-state index contributed by atoms with van der Waals surface area (Å²) in [4.78, 5) is 0. The number of rotatable bonds is 39. The molecule has 0 fully saturated rings. The molecule has 0 amide bonds. The van der Waals surface area contributed by atoms with Crippen LogP contribution in [0.15, 0.2) is 0 Å². The van der Waals surface area contributed by atoms with Gasteiger partial charge in [0.05, 0.1) is 6.61 Å². The van der Waals surface area contributed by atoms with Crippen molar-refractivity contribution in [1.82, 2.24) is 0 Å². The van der Waals surface area contributed by atoms with Gasteiger partial charge in [-0.3, -0.25) is 0 Å². The van der Waals surface area contributed by atoms with Gasteiger partial charge in [0.1, 0.15) is 0 Å². The van der Waals surface area contributed by atoms with Gasteiger partial charge in [0.2, 0.25) is 0 Å². The molecule has 0 saturated heterocycles. The Balaban J connectivity index is 3.02. The predicted octanol–water partition coefficient (Wildman–Crippen LogP) is 15.6. The second-order valence-corrected chi connectivity index (χ2v) is 13.8. The molecule has 0 unspecified atom stereocenters. The third-order valence-corrected chi connectivity index (χ3v) is 9.41. The summed E-state index contributed by atoms with van der Waals surface area (Å²) in [6.45, 7) is 7.64. The summed E-state index contributed by atoms with van der Waals surface area (Å²) < 4.78 is 5.75. The van der Waals surface area contributed by atoms with Crippen molar-refractivity contribution in [1.29, 1.82) is 0 Å². The van der Waals surface area contributed by atoms with Gasteiger partial charge in [0, 0.05) is 6.61 Å². The van der Waals surface area contributed by atoms with E-state index in [1.807, 2.05) is 0 Å². The van der Waals surface area contributed by atoms with Crippen molar-refractivity contribution in [2.24, 2.45) is 0 Å². The van der Waals surface area contributed by atoms with Crippen molar-refractivity contribution in [3.8, 4) is 0 Å². The maximum absolute atomic E-state index is 5.75. The Labute approximate surface area is 268 Å². The van der Waals surface area contributed by atoms with E-state index in [-0.39, 0.29) is 0 Å². The van der Waals surface area contributed by atoms with Gasteiger partial charge in [-0.2, -0.15) is 0 Å². The van der Waals surface area contributed by atoms with Gasteiger partial charge in [-0.05, 0) is 12.8 Å². The summed E-state index contributed by atoms with van der Waals surface area (Å²) in [7, 11) is 0. The standard InChI is InChI=1S/C41H83O/c1-3-5-7-9-11-13-15-16-17-18-19-20-21-22-23-24-25-26-27-28-29-31-33-35-37-39-41-42-40-38-36-34-32-30-14-12-10-8-6-4-2/h41H,3-40H2,1-2H3. The largest absolute Gasteiger partial charge is 0.376 e. The highest BCUT2D eigenvalue weighted by molar-refractivity contribution is 4.55. The van der Waals surface area contributed by atoms with Crippen LogP contribution in [0.2, 0.25) is 0 Å². The van der Waals surface area contributed by atoms with E-state index in [9.17, 15) is 0 Å². The molecule has 0 N–H and O–H groups in total. The van der Waals surface area contributed by atoms with Crippen LogP contribution < -0.4 is 0 Å². The summed E-state index contributed by atoms with van der Waals surface area (Å²) >= 11 is 0. The molecular weight excluding hydrogens is 508 g/mol. The van der Waals surface area contributed by atoms with Gasteiger partial charge < -0.3 is 4.74 Å². The SMILES string of the molecule is CCCCCCCCCCCCCCCCCCCCCCCCCCC[CH]OCCCCCCCCCCCCC. The Morgan fingerprint density at radius 3 is 0.738 bits per heavy atom. The monoisotopic (exact) mass is 592 g/mol. The van der Waals surface area contributed by atoms with Crippen molar-refractivity contribution >= 4 is 0 Å². The number of hydrogen-bond acceptors (Lipinski definition) is 1. The molecule has 1 heteroatoms. The molecular formula is C41H83O. The topological polar surface area (TPSA) is 9.23 Å². The molecule has 0 aromatic carbocycles. The van der Waals surface area contributed by atoms with Gasteiger partial charge >= 0.3 is 0 Å². The fourth-order valence-electron chi connectivity index (χ4n) is 6.38. The van der Waals surface area contributed by atoms with Crippen LogP contribution in [0.25, 0.3) is 0 Å². The first-order valence-electron chi connectivity index (χ1n) is 20.3. The number of unbranched alkanes of at least 4 members (excludes halogenated alkanes) is 35. The zero-order valence-corrected chi connectivity index (χ0v) is 29.9. The zero-order valence-electron chi connectivity index (χ0n) is 29.9. The first-order valence-corrected chi connectivity index (χ1v) is 20.3. The quantitative estimate of drug-likeness (QED) is 0.0646. The highest BCUT2D eigenvalue weighted by Crippen LogP contribution is 2.16. The van der Waals surface area contributed by atoms with Crippen LogP contribution in [0, 0.1) is 6.61 Å². The average molecular weight is 592 g/mol. The van der Waals surface area contributed by atoms with Crippen LogP contribution in [0.1, 0.15) is 251 Å². The maximum atomic E-state index is 5.75. The average Bonchev–Trinajstić information content (AvgIpc) is 3.00. The van der Waals surface area contributed by atoms with Crippen molar-refractivity contribution < 1.29 is 4.74 Å². The molecule has 1 nitrogen and oxygen atoms in total. The number of ether oxygens (including phenoxy) is 1. The molecule has 0 aliphatic rings. The van der Waals surface area contributed by atoms with E-state index in [0.717, 1.165) is 13.0 Å². The van der Waals surface area contributed by atoms with Crippen molar-refractivity contribution in [3.63, 3.8) is 0 Å². The van der Waals surface area contributed by atoms with Crippen LogP contribution in [0.4, 0.5) is 0 Å². The van der Waals surface area contributed by atoms with E-state index in [4.69, 9.17) is 4.74 Å². The van der Waals surface area contributed by atoms with Gasteiger partial charge in [0.25, 0.3) is 0 Å². The summed E-state index contributed by atoms with van der Waals surface area (Å²) in [6, 6.07) is 0. The Morgan fingerprint density at radius 2 is 0.476 bits per heavy atom. The normalized spacial score (nSPS) is 11.6. The van der Waals surface area contributed by atoms with Gasteiger partial charge in [-0.1, -0.05) is 239 Å². The maximum Gasteiger partial charge on any atom is 0.0836 e. The smallest absolute Gasteiger partial charge is 0.0836 e. The molecule has 0 bridgehead atoms. The minimum atomic E-state index is 0.941. The molecule has 0 rings (SSSR count). The highest BCUT2D eigenvalue weighted by atomic mass is 16.5. The zero-order chi connectivity index (χ0) is 30.3. The minimum Gasteiger partial charge on any atom is -0.376 e. The lowest BCUT2D eigenvalue weighted by Crippen LogP contribution is -1.92. The fraction of sp³-hybridized carbons (Fsp3) is 0.976. The summed E-state index contributed by atoms with van der Waals surface area (Å²) in [5, 5.41) is 0. The molecule has 0 aliphatic carbocycles. The lowest BCUT2D eigenvalue weighted by atomic mass is 10.0. The molecule has 1 radical (unpaired) electrons. The van der Waals surface area contributed by atoms with E-state index in [1.165, 1.54) is 231 Å². The van der Waals surface area contributed by atoms with Crippen molar-refractivity contribution in [2.75, 3.05) is 6.61 Å². The molecule has 42 heavy (non-hydrogen) atoms. The number of hydrogen-bond donors (Lipinski definition) is 0. The molecule has 0 aromatic heterocycles. The highest BCUT2D eigenvalue weighted by Gasteiger charge is 1.98. The van der Waals surface area contributed by atoms with Crippen LogP contribution in [-0.2, 0) is 4.74 Å². The first-order chi connectivity index (χ1) is 20.9. The van der Waals surface area contributed by atoms with Crippen LogP contribution in [0.5, 0.6) is 0 Å². The van der Waals surface area contributed by atoms with Crippen molar-refractivity contribution in [2.45, 2.75) is 251 Å². The third kappa shape index (κ3) is 40.0.